The standard InChI is InChI=1S/C10H9N5O/c1-6-2-7-8(14-10(16)13-7)3-9(6)15-4-11-12-5-15/h2-5H,1H3,(H2,13,14,16). The number of hydrogen-bond acceptors (Lipinski definition) is 3. The molecular formula is C10H9N5O. The highest BCUT2D eigenvalue weighted by atomic mass is 16.1. The van der Waals surface area contributed by atoms with E-state index in [4.69, 9.17) is 0 Å². The third-order valence-electron chi connectivity index (χ3n) is 2.53. The lowest BCUT2D eigenvalue weighted by atomic mass is 10.2. The lowest BCUT2D eigenvalue weighted by molar-refractivity contribution is 1.04. The molecule has 0 unspecified atom stereocenters. The fourth-order valence-corrected chi connectivity index (χ4v) is 1.78. The second-order valence-corrected chi connectivity index (χ2v) is 3.63. The molecule has 2 heterocycles. The Morgan fingerprint density at radius 1 is 1.12 bits per heavy atom. The van der Waals surface area contributed by atoms with Gasteiger partial charge in [0.15, 0.2) is 0 Å². The van der Waals surface area contributed by atoms with E-state index < -0.39 is 0 Å². The van der Waals surface area contributed by atoms with Gasteiger partial charge in [0, 0.05) is 0 Å². The Bertz CT molecular complexity index is 692. The van der Waals surface area contributed by atoms with Crippen LogP contribution in [0.3, 0.4) is 0 Å². The van der Waals surface area contributed by atoms with E-state index in [1.165, 1.54) is 0 Å². The van der Waals surface area contributed by atoms with Gasteiger partial charge in [-0.2, -0.15) is 0 Å². The molecule has 0 bridgehead atoms. The fourth-order valence-electron chi connectivity index (χ4n) is 1.78. The van der Waals surface area contributed by atoms with Crippen molar-refractivity contribution in [1.82, 2.24) is 24.7 Å². The topological polar surface area (TPSA) is 79.4 Å². The molecule has 6 nitrogen and oxygen atoms in total. The Balaban J connectivity index is 2.33. The number of nitrogens with zero attached hydrogens (tertiary/aromatic N) is 3. The molecule has 0 aliphatic heterocycles. The van der Waals surface area contributed by atoms with Crippen LogP contribution in [0.5, 0.6) is 0 Å². The van der Waals surface area contributed by atoms with Crippen molar-refractivity contribution in [1.29, 1.82) is 0 Å². The number of aromatic nitrogens is 5. The second-order valence-electron chi connectivity index (χ2n) is 3.63. The minimum Gasteiger partial charge on any atom is -0.306 e. The first-order valence-corrected chi connectivity index (χ1v) is 4.82. The van der Waals surface area contributed by atoms with Gasteiger partial charge >= 0.3 is 5.69 Å². The van der Waals surface area contributed by atoms with E-state index in [0.29, 0.717) is 0 Å². The smallest absolute Gasteiger partial charge is 0.306 e. The van der Waals surface area contributed by atoms with Gasteiger partial charge in [0.1, 0.15) is 12.7 Å². The molecular weight excluding hydrogens is 206 g/mol. The Morgan fingerprint density at radius 2 is 1.75 bits per heavy atom. The first-order chi connectivity index (χ1) is 7.74. The molecule has 0 saturated carbocycles. The summed E-state index contributed by atoms with van der Waals surface area (Å²) in [5, 5.41) is 7.52. The molecule has 0 spiro atoms. The van der Waals surface area contributed by atoms with Crippen LogP contribution in [0.4, 0.5) is 0 Å². The minimum absolute atomic E-state index is 0.199. The Labute approximate surface area is 90.0 Å². The van der Waals surface area contributed by atoms with Crippen LogP contribution in [-0.4, -0.2) is 24.7 Å². The van der Waals surface area contributed by atoms with Gasteiger partial charge in [-0.25, -0.2) is 4.79 Å². The van der Waals surface area contributed by atoms with Crippen molar-refractivity contribution in [3.8, 4) is 5.69 Å². The Morgan fingerprint density at radius 3 is 2.44 bits per heavy atom. The third kappa shape index (κ3) is 1.23. The largest absolute Gasteiger partial charge is 0.323 e. The lowest BCUT2D eigenvalue weighted by Crippen LogP contribution is -1.99. The molecule has 6 heteroatoms. The zero-order valence-electron chi connectivity index (χ0n) is 8.56. The molecule has 2 aromatic heterocycles. The minimum atomic E-state index is -0.199. The highest BCUT2D eigenvalue weighted by Crippen LogP contribution is 2.18. The molecule has 3 aromatic rings. The second kappa shape index (κ2) is 3.06. The van der Waals surface area contributed by atoms with Crippen molar-refractivity contribution < 1.29 is 0 Å². The van der Waals surface area contributed by atoms with Crippen LogP contribution in [-0.2, 0) is 0 Å². The molecule has 0 amide bonds. The monoisotopic (exact) mass is 215 g/mol. The van der Waals surface area contributed by atoms with Gasteiger partial charge < -0.3 is 9.97 Å². The molecule has 0 radical (unpaired) electrons. The number of fused-ring (bicyclic) bond motifs is 1. The van der Waals surface area contributed by atoms with Crippen LogP contribution in [0.15, 0.2) is 29.6 Å². The van der Waals surface area contributed by atoms with E-state index in [1.807, 2.05) is 19.1 Å². The van der Waals surface area contributed by atoms with Crippen LogP contribution in [0.25, 0.3) is 16.7 Å². The van der Waals surface area contributed by atoms with E-state index in [-0.39, 0.29) is 5.69 Å². The summed E-state index contributed by atoms with van der Waals surface area (Å²) in [5.74, 6) is 0. The number of aromatic amines is 2. The number of nitrogens with one attached hydrogen (secondary N) is 2. The summed E-state index contributed by atoms with van der Waals surface area (Å²) in [7, 11) is 0. The number of aryl methyl sites for hydroxylation is 1. The molecule has 0 fully saturated rings. The van der Waals surface area contributed by atoms with Crippen LogP contribution in [0.1, 0.15) is 5.56 Å². The predicted molar refractivity (Wildman–Crippen MR) is 58.6 cm³/mol. The average molecular weight is 215 g/mol. The van der Waals surface area contributed by atoms with Crippen LogP contribution in [0, 0.1) is 6.92 Å². The van der Waals surface area contributed by atoms with Crippen LogP contribution in [0.2, 0.25) is 0 Å². The Kier molecular flexibility index (Phi) is 1.70. The van der Waals surface area contributed by atoms with Crippen molar-refractivity contribution in [2.45, 2.75) is 6.92 Å². The normalized spacial score (nSPS) is 11.1. The molecule has 0 aliphatic carbocycles. The quantitative estimate of drug-likeness (QED) is 0.628. The molecule has 80 valence electrons. The SMILES string of the molecule is Cc1cc2[nH]c(=O)[nH]c2cc1-n1cnnc1. The van der Waals surface area contributed by atoms with Crippen molar-refractivity contribution in [2.75, 3.05) is 0 Å². The first kappa shape index (κ1) is 8.90. The maximum atomic E-state index is 11.2. The predicted octanol–water partition coefficient (Wildman–Crippen LogP) is 0.745. The number of hydrogen-bond donors (Lipinski definition) is 2. The fraction of sp³-hybridized carbons (Fsp3) is 0.100. The zero-order valence-corrected chi connectivity index (χ0v) is 8.56. The highest BCUT2D eigenvalue weighted by Gasteiger charge is 2.05. The molecule has 2 N–H and O–H groups in total. The summed E-state index contributed by atoms with van der Waals surface area (Å²) in [5.41, 5.74) is 3.38. The molecule has 3 rings (SSSR count). The molecule has 0 aliphatic rings. The van der Waals surface area contributed by atoms with E-state index in [9.17, 15) is 4.79 Å². The van der Waals surface area contributed by atoms with Gasteiger partial charge in [0.25, 0.3) is 0 Å². The van der Waals surface area contributed by atoms with Gasteiger partial charge in [0.2, 0.25) is 0 Å². The van der Waals surface area contributed by atoms with Gasteiger partial charge in [-0.1, -0.05) is 0 Å². The van der Waals surface area contributed by atoms with Crippen LogP contribution >= 0.6 is 0 Å². The van der Waals surface area contributed by atoms with Crippen molar-refractivity contribution in [2.24, 2.45) is 0 Å². The summed E-state index contributed by atoms with van der Waals surface area (Å²) >= 11 is 0. The number of imidazole rings is 1. The van der Waals surface area contributed by atoms with E-state index in [0.717, 1.165) is 22.3 Å². The maximum Gasteiger partial charge on any atom is 0.323 e. The highest BCUT2D eigenvalue weighted by molar-refractivity contribution is 5.78. The van der Waals surface area contributed by atoms with Crippen LogP contribution < -0.4 is 5.69 Å². The Hall–Kier alpha value is -2.37. The van der Waals surface area contributed by atoms with E-state index in [1.54, 1.807) is 17.2 Å². The summed E-state index contributed by atoms with van der Waals surface area (Å²) in [4.78, 5) is 16.6. The molecule has 0 atom stereocenters. The average Bonchev–Trinajstić information content (AvgIpc) is 2.83. The van der Waals surface area contributed by atoms with E-state index in [2.05, 4.69) is 20.2 Å². The third-order valence-corrected chi connectivity index (χ3v) is 2.53. The lowest BCUT2D eigenvalue weighted by Gasteiger charge is -2.05. The molecule has 1 aromatic carbocycles. The number of rotatable bonds is 1. The molecule has 0 saturated heterocycles. The van der Waals surface area contributed by atoms with Crippen molar-refractivity contribution >= 4 is 11.0 Å². The van der Waals surface area contributed by atoms with Gasteiger partial charge in [0.05, 0.1) is 16.7 Å². The number of benzene rings is 1. The van der Waals surface area contributed by atoms with Crippen molar-refractivity contribution in [3.05, 3.63) is 40.8 Å². The van der Waals surface area contributed by atoms with Gasteiger partial charge in [-0.15, -0.1) is 10.2 Å². The number of H-pyrrole nitrogens is 2. The summed E-state index contributed by atoms with van der Waals surface area (Å²) in [6, 6.07) is 3.81. The van der Waals surface area contributed by atoms with Gasteiger partial charge in [-0.3, -0.25) is 4.57 Å². The first-order valence-electron chi connectivity index (χ1n) is 4.82. The summed E-state index contributed by atoms with van der Waals surface area (Å²) in [6.45, 7) is 1.97. The van der Waals surface area contributed by atoms with E-state index >= 15 is 0 Å². The zero-order chi connectivity index (χ0) is 11.1. The molecule has 16 heavy (non-hydrogen) atoms. The van der Waals surface area contributed by atoms with Gasteiger partial charge in [-0.05, 0) is 24.6 Å². The van der Waals surface area contributed by atoms with Crippen molar-refractivity contribution in [3.63, 3.8) is 0 Å². The summed E-state index contributed by atoms with van der Waals surface area (Å²) in [6.07, 6.45) is 3.25. The maximum absolute atomic E-state index is 11.2. The summed E-state index contributed by atoms with van der Waals surface area (Å²) < 4.78 is 1.81.